The van der Waals surface area contributed by atoms with Crippen molar-refractivity contribution in [1.29, 1.82) is 0 Å². The molecule has 106 valence electrons. The van der Waals surface area contributed by atoms with Gasteiger partial charge in [0, 0.05) is 19.7 Å². The molecule has 1 N–H and O–H groups in total. The number of ether oxygens (including phenoxy) is 2. The lowest BCUT2D eigenvalue weighted by Crippen LogP contribution is -2.30. The topological polar surface area (TPSA) is 41.9 Å². The normalized spacial score (nSPS) is 15.3. The van der Waals surface area contributed by atoms with Gasteiger partial charge in [0.05, 0.1) is 0 Å². The third kappa shape index (κ3) is 3.61. The van der Waals surface area contributed by atoms with Gasteiger partial charge in [-0.1, -0.05) is 19.9 Å². The maximum absolute atomic E-state index is 9.38. The van der Waals surface area contributed by atoms with Gasteiger partial charge in [0.2, 0.25) is 6.79 Å². The molecule has 0 aromatic heterocycles. The predicted molar refractivity (Wildman–Crippen MR) is 74.3 cm³/mol. The third-order valence-electron chi connectivity index (χ3n) is 3.61. The fraction of sp³-hybridized carbons (Fsp3) is 0.600. The van der Waals surface area contributed by atoms with Gasteiger partial charge < -0.3 is 19.5 Å². The van der Waals surface area contributed by atoms with Gasteiger partial charge in [-0.3, -0.25) is 0 Å². The van der Waals surface area contributed by atoms with Gasteiger partial charge in [-0.15, -0.1) is 0 Å². The summed E-state index contributed by atoms with van der Waals surface area (Å²) in [7, 11) is 2.08. The van der Waals surface area contributed by atoms with Crippen LogP contribution < -0.4 is 9.47 Å². The maximum atomic E-state index is 9.38. The molecule has 0 saturated carbocycles. The monoisotopic (exact) mass is 265 g/mol. The SMILES string of the molecule is CC(C)C(CO)CN(C)Cc1ccc2c(c1)OCO2. The van der Waals surface area contributed by atoms with Crippen LogP contribution >= 0.6 is 0 Å². The lowest BCUT2D eigenvalue weighted by molar-refractivity contribution is 0.143. The van der Waals surface area contributed by atoms with Crippen molar-refractivity contribution < 1.29 is 14.6 Å². The molecular formula is C15H23NO3. The van der Waals surface area contributed by atoms with Crippen LogP contribution in [0.25, 0.3) is 0 Å². The molecule has 4 heteroatoms. The van der Waals surface area contributed by atoms with E-state index in [4.69, 9.17) is 9.47 Å². The van der Waals surface area contributed by atoms with Crippen LogP contribution in [0.2, 0.25) is 0 Å². The van der Waals surface area contributed by atoms with E-state index in [1.807, 2.05) is 12.1 Å². The minimum absolute atomic E-state index is 0.239. The van der Waals surface area contributed by atoms with Crippen molar-refractivity contribution in [2.24, 2.45) is 11.8 Å². The molecule has 1 aliphatic heterocycles. The number of hydrogen-bond donors (Lipinski definition) is 1. The van der Waals surface area contributed by atoms with Crippen molar-refractivity contribution in [2.45, 2.75) is 20.4 Å². The van der Waals surface area contributed by atoms with E-state index < -0.39 is 0 Å². The van der Waals surface area contributed by atoms with Crippen LogP contribution in [0.4, 0.5) is 0 Å². The summed E-state index contributed by atoms with van der Waals surface area (Å²) in [6, 6.07) is 6.05. The number of nitrogens with zero attached hydrogens (tertiary/aromatic N) is 1. The second-order valence-electron chi connectivity index (χ2n) is 5.57. The highest BCUT2D eigenvalue weighted by Gasteiger charge is 2.17. The largest absolute Gasteiger partial charge is 0.454 e. The Kier molecular flexibility index (Phi) is 4.66. The van der Waals surface area contributed by atoms with Crippen LogP contribution in [0.5, 0.6) is 11.5 Å². The Morgan fingerprint density at radius 1 is 1.26 bits per heavy atom. The van der Waals surface area contributed by atoms with E-state index in [0.29, 0.717) is 18.6 Å². The van der Waals surface area contributed by atoms with Crippen LogP contribution in [0.15, 0.2) is 18.2 Å². The molecule has 1 aromatic carbocycles. The second-order valence-corrected chi connectivity index (χ2v) is 5.57. The summed E-state index contributed by atoms with van der Waals surface area (Å²) in [5.74, 6) is 2.46. The maximum Gasteiger partial charge on any atom is 0.231 e. The Morgan fingerprint density at radius 3 is 2.68 bits per heavy atom. The first-order valence-corrected chi connectivity index (χ1v) is 6.78. The second kappa shape index (κ2) is 6.26. The van der Waals surface area contributed by atoms with Gasteiger partial charge in [-0.25, -0.2) is 0 Å². The summed E-state index contributed by atoms with van der Waals surface area (Å²) in [5, 5.41) is 9.38. The lowest BCUT2D eigenvalue weighted by Gasteiger charge is -2.25. The minimum Gasteiger partial charge on any atom is -0.454 e. The van der Waals surface area contributed by atoms with Crippen molar-refractivity contribution in [3.63, 3.8) is 0 Å². The van der Waals surface area contributed by atoms with Crippen LogP contribution in [0.1, 0.15) is 19.4 Å². The molecule has 4 nitrogen and oxygen atoms in total. The standard InChI is InChI=1S/C15H23NO3/c1-11(2)13(9-17)8-16(3)7-12-4-5-14-15(6-12)19-10-18-14/h4-6,11,13,17H,7-10H2,1-3H3. The fourth-order valence-electron chi connectivity index (χ4n) is 2.30. The Bertz CT molecular complexity index is 420. The molecule has 0 fully saturated rings. The third-order valence-corrected chi connectivity index (χ3v) is 3.61. The number of aliphatic hydroxyl groups is 1. The Morgan fingerprint density at radius 2 is 2.00 bits per heavy atom. The van der Waals surface area contributed by atoms with Gasteiger partial charge in [0.1, 0.15) is 0 Å². The van der Waals surface area contributed by atoms with Crippen LogP contribution in [0, 0.1) is 11.8 Å². The van der Waals surface area contributed by atoms with E-state index in [1.54, 1.807) is 0 Å². The molecule has 0 radical (unpaired) electrons. The Labute approximate surface area is 114 Å². The Hall–Kier alpha value is -1.26. The highest BCUT2D eigenvalue weighted by Crippen LogP contribution is 2.32. The molecule has 0 bridgehead atoms. The van der Waals surface area contributed by atoms with E-state index in [9.17, 15) is 5.11 Å². The number of rotatable bonds is 6. The first kappa shape index (κ1) is 14.2. The summed E-state index contributed by atoms with van der Waals surface area (Å²) >= 11 is 0. The smallest absolute Gasteiger partial charge is 0.231 e. The zero-order valence-corrected chi connectivity index (χ0v) is 11.9. The molecule has 1 unspecified atom stereocenters. The van der Waals surface area contributed by atoms with E-state index in [-0.39, 0.29) is 6.61 Å². The van der Waals surface area contributed by atoms with E-state index in [2.05, 4.69) is 31.9 Å². The van der Waals surface area contributed by atoms with Gasteiger partial charge in [0.15, 0.2) is 11.5 Å². The zero-order chi connectivity index (χ0) is 13.8. The first-order chi connectivity index (χ1) is 9.10. The van der Waals surface area contributed by atoms with E-state index >= 15 is 0 Å². The molecule has 2 rings (SSSR count). The lowest BCUT2D eigenvalue weighted by atomic mass is 9.96. The predicted octanol–water partition coefficient (Wildman–Crippen LogP) is 2.11. The van der Waals surface area contributed by atoms with E-state index in [1.165, 1.54) is 5.56 Å². The van der Waals surface area contributed by atoms with Crippen LogP contribution in [-0.4, -0.2) is 37.0 Å². The number of hydrogen-bond acceptors (Lipinski definition) is 4. The molecule has 0 aliphatic carbocycles. The molecule has 1 heterocycles. The van der Waals surface area contributed by atoms with Crippen LogP contribution in [0.3, 0.4) is 0 Å². The minimum atomic E-state index is 0.239. The molecule has 1 aromatic rings. The van der Waals surface area contributed by atoms with Crippen molar-refractivity contribution in [3.8, 4) is 11.5 Å². The molecule has 1 atom stereocenters. The summed E-state index contributed by atoms with van der Waals surface area (Å²) < 4.78 is 10.7. The van der Waals surface area contributed by atoms with Crippen molar-refractivity contribution >= 4 is 0 Å². The number of aliphatic hydroxyl groups excluding tert-OH is 1. The van der Waals surface area contributed by atoms with Crippen LogP contribution in [-0.2, 0) is 6.54 Å². The van der Waals surface area contributed by atoms with Gasteiger partial charge in [-0.2, -0.15) is 0 Å². The number of benzene rings is 1. The first-order valence-electron chi connectivity index (χ1n) is 6.78. The summed E-state index contributed by atoms with van der Waals surface area (Å²) in [6.07, 6.45) is 0. The Balaban J connectivity index is 1.93. The summed E-state index contributed by atoms with van der Waals surface area (Å²) in [6.45, 7) is 6.59. The summed E-state index contributed by atoms with van der Waals surface area (Å²) in [4.78, 5) is 2.23. The molecule has 1 aliphatic rings. The van der Waals surface area contributed by atoms with Crippen molar-refractivity contribution in [3.05, 3.63) is 23.8 Å². The molecule has 0 amide bonds. The molecule has 0 spiro atoms. The quantitative estimate of drug-likeness (QED) is 0.855. The average Bonchev–Trinajstić information content (AvgIpc) is 2.82. The molecular weight excluding hydrogens is 242 g/mol. The average molecular weight is 265 g/mol. The van der Waals surface area contributed by atoms with Crippen molar-refractivity contribution in [2.75, 3.05) is 27.0 Å². The van der Waals surface area contributed by atoms with Gasteiger partial charge in [0.25, 0.3) is 0 Å². The van der Waals surface area contributed by atoms with E-state index in [0.717, 1.165) is 24.6 Å². The highest BCUT2D eigenvalue weighted by molar-refractivity contribution is 5.44. The number of fused-ring (bicyclic) bond motifs is 1. The molecule has 19 heavy (non-hydrogen) atoms. The summed E-state index contributed by atoms with van der Waals surface area (Å²) in [5.41, 5.74) is 1.20. The zero-order valence-electron chi connectivity index (χ0n) is 11.9. The van der Waals surface area contributed by atoms with Gasteiger partial charge >= 0.3 is 0 Å². The van der Waals surface area contributed by atoms with Crippen molar-refractivity contribution in [1.82, 2.24) is 4.90 Å². The molecule has 0 saturated heterocycles. The van der Waals surface area contributed by atoms with Gasteiger partial charge in [-0.05, 0) is 36.6 Å². The highest BCUT2D eigenvalue weighted by atomic mass is 16.7. The fourth-order valence-corrected chi connectivity index (χ4v) is 2.30.